The van der Waals surface area contributed by atoms with E-state index in [9.17, 15) is 18.0 Å². The zero-order chi connectivity index (χ0) is 22.7. The highest BCUT2D eigenvalue weighted by atomic mass is 79.9. The molecule has 0 aliphatic carbocycles. The van der Waals surface area contributed by atoms with Crippen molar-refractivity contribution in [1.82, 2.24) is 24.5 Å². The van der Waals surface area contributed by atoms with Gasteiger partial charge >= 0.3 is 0 Å². The number of benzene rings is 1. The number of alkyl halides is 1. The van der Waals surface area contributed by atoms with Gasteiger partial charge in [0.05, 0.1) is 22.3 Å². The number of carbonyl (C=O) groups excluding carboxylic acids is 1. The van der Waals surface area contributed by atoms with Gasteiger partial charge in [0, 0.05) is 18.2 Å². The number of hydrogen-bond acceptors (Lipinski definition) is 4. The van der Waals surface area contributed by atoms with Gasteiger partial charge in [-0.1, -0.05) is 9.24 Å². The highest BCUT2D eigenvalue weighted by Crippen LogP contribution is 2.40. The molecule has 12 heteroatoms. The Morgan fingerprint density at radius 2 is 1.97 bits per heavy atom. The maximum absolute atomic E-state index is 15.3. The topological polar surface area (TPSA) is 63.4 Å². The molecule has 3 heterocycles. The minimum atomic E-state index is -1.89. The summed E-state index contributed by atoms with van der Waals surface area (Å²) < 4.78 is 58.7. The summed E-state index contributed by atoms with van der Waals surface area (Å²) >= 11 is 2.85. The first kappa shape index (κ1) is 22.1. The third-order valence-corrected chi connectivity index (χ3v) is 6.67. The van der Waals surface area contributed by atoms with E-state index >= 15 is 4.39 Å². The standard InChI is InChI=1S/C19H17BrF4N5OP/c1-8-3-11(29-18(27-8)25-7-26-29)10-4-19(24,31)6-28(5-10)17(30)12-9(2)13(20)15(22)16(23)14(12)21/h3,7,10H,4-6,31H2,1-2H3/t10-,19?/m0/s1. The molecule has 4 rings (SSSR count). The lowest BCUT2D eigenvalue weighted by atomic mass is 9.91. The second-order valence-electron chi connectivity index (χ2n) is 7.67. The Morgan fingerprint density at radius 1 is 1.26 bits per heavy atom. The summed E-state index contributed by atoms with van der Waals surface area (Å²) in [6.07, 6.45) is 1.36. The molecular weight excluding hydrogens is 501 g/mol. The average molecular weight is 518 g/mol. The second kappa shape index (κ2) is 7.78. The molecule has 2 aromatic heterocycles. The first-order valence-electron chi connectivity index (χ1n) is 9.27. The Bertz CT molecular complexity index is 1190. The predicted molar refractivity (Wildman–Crippen MR) is 111 cm³/mol. The fourth-order valence-corrected chi connectivity index (χ4v) is 4.82. The molecule has 1 saturated heterocycles. The number of nitrogens with zero attached hydrogens (tertiary/aromatic N) is 5. The van der Waals surface area contributed by atoms with Crippen LogP contribution in [-0.4, -0.2) is 48.9 Å². The molecule has 0 spiro atoms. The van der Waals surface area contributed by atoms with Gasteiger partial charge in [0.1, 0.15) is 11.7 Å². The van der Waals surface area contributed by atoms with Crippen molar-refractivity contribution in [2.45, 2.75) is 31.6 Å². The molecule has 164 valence electrons. The molecule has 31 heavy (non-hydrogen) atoms. The normalized spacial score (nSPS) is 21.7. The molecule has 0 saturated carbocycles. The van der Waals surface area contributed by atoms with Crippen LogP contribution in [0, 0.1) is 31.3 Å². The summed E-state index contributed by atoms with van der Waals surface area (Å²) in [6, 6.07) is 1.72. The third-order valence-electron chi connectivity index (χ3n) is 5.31. The molecule has 3 atom stereocenters. The van der Waals surface area contributed by atoms with Gasteiger partial charge in [0.15, 0.2) is 17.5 Å². The van der Waals surface area contributed by atoms with Gasteiger partial charge in [-0.05, 0) is 47.8 Å². The number of rotatable bonds is 2. The number of fused-ring (bicyclic) bond motifs is 1. The van der Waals surface area contributed by atoms with Crippen LogP contribution in [0.25, 0.3) is 5.78 Å². The van der Waals surface area contributed by atoms with E-state index in [0.29, 0.717) is 17.2 Å². The summed E-state index contributed by atoms with van der Waals surface area (Å²) in [4.78, 5) is 22.6. The maximum atomic E-state index is 15.3. The molecule has 0 N–H and O–H groups in total. The van der Waals surface area contributed by atoms with Gasteiger partial charge in [0.2, 0.25) is 0 Å². The maximum Gasteiger partial charge on any atom is 0.257 e. The summed E-state index contributed by atoms with van der Waals surface area (Å²) in [5, 5.41) is 2.24. The minimum Gasteiger partial charge on any atom is -0.334 e. The Kier molecular flexibility index (Phi) is 5.54. The number of likely N-dealkylation sites (tertiary alicyclic amines) is 1. The molecule has 1 aliphatic heterocycles. The van der Waals surface area contributed by atoms with Crippen LogP contribution in [-0.2, 0) is 0 Å². The fourth-order valence-electron chi connectivity index (χ4n) is 3.94. The van der Waals surface area contributed by atoms with Gasteiger partial charge in [0.25, 0.3) is 11.7 Å². The molecule has 0 bridgehead atoms. The van der Waals surface area contributed by atoms with Crippen LogP contribution in [0.2, 0.25) is 0 Å². The van der Waals surface area contributed by atoms with E-state index < -0.39 is 40.3 Å². The van der Waals surface area contributed by atoms with Gasteiger partial charge in [-0.3, -0.25) is 4.79 Å². The first-order chi connectivity index (χ1) is 14.5. The number of halogens is 5. The van der Waals surface area contributed by atoms with Crippen LogP contribution in [0.15, 0.2) is 16.9 Å². The average Bonchev–Trinajstić information content (AvgIpc) is 3.17. The zero-order valence-corrected chi connectivity index (χ0v) is 19.2. The first-order valence-corrected chi connectivity index (χ1v) is 10.6. The minimum absolute atomic E-state index is 0.0206. The lowest BCUT2D eigenvalue weighted by molar-refractivity contribution is 0.0536. The predicted octanol–water partition coefficient (Wildman–Crippen LogP) is 4.09. The smallest absolute Gasteiger partial charge is 0.257 e. The van der Waals surface area contributed by atoms with E-state index in [0.717, 1.165) is 4.90 Å². The van der Waals surface area contributed by atoms with E-state index in [2.05, 4.69) is 40.2 Å². The highest BCUT2D eigenvalue weighted by Gasteiger charge is 2.41. The summed E-state index contributed by atoms with van der Waals surface area (Å²) in [6.45, 7) is 2.71. The Hall–Kier alpha value is -2.13. The van der Waals surface area contributed by atoms with Crippen LogP contribution >= 0.6 is 25.2 Å². The summed E-state index contributed by atoms with van der Waals surface area (Å²) in [5.74, 6) is -5.90. The molecule has 1 amide bonds. The second-order valence-corrected chi connectivity index (χ2v) is 9.50. The third kappa shape index (κ3) is 3.82. The lowest BCUT2D eigenvalue weighted by Crippen LogP contribution is -2.48. The number of aromatic nitrogens is 4. The Labute approximate surface area is 185 Å². The lowest BCUT2D eigenvalue weighted by Gasteiger charge is -2.40. The van der Waals surface area contributed by atoms with Gasteiger partial charge in [-0.2, -0.15) is 10.1 Å². The van der Waals surface area contributed by atoms with Gasteiger partial charge < -0.3 is 4.90 Å². The quantitative estimate of drug-likeness (QED) is 0.222. The molecular formula is C19H17BrF4N5OP. The zero-order valence-electron chi connectivity index (χ0n) is 16.5. The molecule has 1 fully saturated rings. The van der Waals surface area contributed by atoms with E-state index in [1.54, 1.807) is 13.0 Å². The number of piperidine rings is 1. The molecule has 6 nitrogen and oxygen atoms in total. The molecule has 1 aliphatic rings. The van der Waals surface area contributed by atoms with E-state index in [4.69, 9.17) is 0 Å². The highest BCUT2D eigenvalue weighted by molar-refractivity contribution is 9.10. The number of hydrogen-bond donors (Lipinski definition) is 0. The van der Waals surface area contributed by atoms with Crippen molar-refractivity contribution in [2.24, 2.45) is 0 Å². The molecule has 2 unspecified atom stereocenters. The summed E-state index contributed by atoms with van der Waals surface area (Å²) in [7, 11) is 2.08. The van der Waals surface area contributed by atoms with Crippen molar-refractivity contribution in [3.63, 3.8) is 0 Å². The Balaban J connectivity index is 1.77. The van der Waals surface area contributed by atoms with Gasteiger partial charge in [-0.15, -0.1) is 0 Å². The summed E-state index contributed by atoms with van der Waals surface area (Å²) in [5.41, 5.74) is 0.489. The monoisotopic (exact) mass is 517 g/mol. The Morgan fingerprint density at radius 3 is 2.68 bits per heavy atom. The van der Waals surface area contributed by atoms with Crippen molar-refractivity contribution in [2.75, 3.05) is 13.1 Å². The number of aryl methyl sites for hydroxylation is 1. The largest absolute Gasteiger partial charge is 0.334 e. The van der Waals surface area contributed by atoms with Crippen molar-refractivity contribution in [3.05, 3.63) is 56.8 Å². The van der Waals surface area contributed by atoms with E-state index in [1.807, 2.05) is 0 Å². The van der Waals surface area contributed by atoms with Crippen molar-refractivity contribution < 1.29 is 22.4 Å². The van der Waals surface area contributed by atoms with Crippen LogP contribution in [0.3, 0.4) is 0 Å². The van der Waals surface area contributed by atoms with Crippen LogP contribution in [0.4, 0.5) is 17.6 Å². The van der Waals surface area contributed by atoms with Crippen molar-refractivity contribution in [1.29, 1.82) is 0 Å². The number of carbonyl (C=O) groups is 1. The van der Waals surface area contributed by atoms with Crippen molar-refractivity contribution >= 4 is 36.9 Å². The van der Waals surface area contributed by atoms with Gasteiger partial charge in [-0.25, -0.2) is 27.1 Å². The van der Waals surface area contributed by atoms with Crippen LogP contribution < -0.4 is 0 Å². The molecule has 1 aromatic carbocycles. The van der Waals surface area contributed by atoms with Crippen molar-refractivity contribution in [3.8, 4) is 0 Å². The molecule has 3 aromatic rings. The van der Waals surface area contributed by atoms with E-state index in [1.165, 1.54) is 17.8 Å². The van der Waals surface area contributed by atoms with Crippen LogP contribution in [0.5, 0.6) is 0 Å². The number of amides is 1. The SMILES string of the molecule is Cc1cc([C@@H]2CN(C(=O)c3c(C)c(Br)c(F)c(F)c3F)CC(F)(P)C2)n2ncnc2n1. The fraction of sp³-hybridized carbons (Fsp3) is 0.368. The van der Waals surface area contributed by atoms with E-state index in [-0.39, 0.29) is 29.5 Å². The molecule has 0 radical (unpaired) electrons. The van der Waals surface area contributed by atoms with Crippen LogP contribution in [0.1, 0.15) is 39.6 Å².